The summed E-state index contributed by atoms with van der Waals surface area (Å²) in [6.45, 7) is 11.2. The maximum atomic E-state index is 3.64. The average molecular weight is 438 g/mol. The van der Waals surface area contributed by atoms with E-state index in [1.54, 1.807) is 0 Å². The van der Waals surface area contributed by atoms with Crippen molar-refractivity contribution in [2.45, 2.75) is 137 Å². The van der Waals surface area contributed by atoms with Gasteiger partial charge in [-0.05, 0) is 56.0 Å². The quantitative estimate of drug-likeness (QED) is 0.212. The minimum Gasteiger partial charge on any atom is -0.313 e. The van der Waals surface area contributed by atoms with Crippen molar-refractivity contribution in [3.63, 3.8) is 0 Å². The first-order valence-electron chi connectivity index (χ1n) is 12.9. The van der Waals surface area contributed by atoms with Crippen LogP contribution in [0.5, 0.6) is 0 Å². The monoisotopic (exact) mass is 437 g/mol. The summed E-state index contributed by atoms with van der Waals surface area (Å²) in [7, 11) is 0. The highest BCUT2D eigenvalue weighted by atomic mass is 35.5. The highest BCUT2D eigenvalue weighted by Gasteiger charge is 2.03. The van der Waals surface area contributed by atoms with Crippen molar-refractivity contribution < 1.29 is 0 Å². The number of aryl methyl sites for hydroxylation is 1. The standard InChI is InChI=1S/C28H51N.ClH/c1-5-6-7-8-9-10-11-12-13-14-15-16-17-18-19-20-23-29-24-28-22-21-25(2)26(3)27(28)4;/h21-22,29H,5-20,23-24H2,1-4H3;1H. The molecule has 0 bridgehead atoms. The number of hydrogen-bond donors (Lipinski definition) is 1. The second-order valence-corrected chi connectivity index (χ2v) is 9.27. The summed E-state index contributed by atoms with van der Waals surface area (Å²) >= 11 is 0. The Hall–Kier alpha value is -0.530. The third-order valence-corrected chi connectivity index (χ3v) is 6.69. The normalized spacial score (nSPS) is 10.9. The van der Waals surface area contributed by atoms with Crippen molar-refractivity contribution in [3.05, 3.63) is 34.4 Å². The molecular weight excluding hydrogens is 386 g/mol. The fourth-order valence-electron chi connectivity index (χ4n) is 4.22. The second kappa shape index (κ2) is 20.4. The van der Waals surface area contributed by atoms with Gasteiger partial charge in [0.25, 0.3) is 0 Å². The molecule has 0 saturated heterocycles. The summed E-state index contributed by atoms with van der Waals surface area (Å²) in [6.07, 6.45) is 23.0. The Balaban J connectivity index is 0.00000841. The van der Waals surface area contributed by atoms with Gasteiger partial charge in [0.2, 0.25) is 0 Å². The molecule has 0 spiro atoms. The van der Waals surface area contributed by atoms with Crippen LogP contribution in [0.25, 0.3) is 0 Å². The molecule has 1 aromatic rings. The summed E-state index contributed by atoms with van der Waals surface area (Å²) in [6, 6.07) is 4.55. The van der Waals surface area contributed by atoms with E-state index in [1.807, 2.05) is 0 Å². The third kappa shape index (κ3) is 14.5. The SMILES string of the molecule is CCCCCCCCCCCCCCCCCCNCc1ccc(C)c(C)c1C.Cl. The van der Waals surface area contributed by atoms with Crippen molar-refractivity contribution >= 4 is 12.4 Å². The Morgan fingerprint density at radius 1 is 0.567 bits per heavy atom. The van der Waals surface area contributed by atoms with Crippen LogP contribution >= 0.6 is 12.4 Å². The first kappa shape index (κ1) is 29.5. The highest BCUT2D eigenvalue weighted by Crippen LogP contribution is 2.17. The van der Waals surface area contributed by atoms with E-state index < -0.39 is 0 Å². The van der Waals surface area contributed by atoms with Gasteiger partial charge >= 0.3 is 0 Å². The van der Waals surface area contributed by atoms with Gasteiger partial charge in [0, 0.05) is 6.54 Å². The molecule has 0 aliphatic carbocycles. The lowest BCUT2D eigenvalue weighted by Gasteiger charge is -2.12. The lowest BCUT2D eigenvalue weighted by Crippen LogP contribution is -2.15. The lowest BCUT2D eigenvalue weighted by molar-refractivity contribution is 0.525. The zero-order valence-electron chi connectivity index (χ0n) is 20.8. The van der Waals surface area contributed by atoms with E-state index in [1.165, 1.54) is 125 Å². The maximum Gasteiger partial charge on any atom is 0.0208 e. The zero-order chi connectivity index (χ0) is 21.2. The summed E-state index contributed by atoms with van der Waals surface area (Å²) in [5.74, 6) is 0. The predicted molar refractivity (Wildman–Crippen MR) is 139 cm³/mol. The number of hydrogen-bond acceptors (Lipinski definition) is 1. The van der Waals surface area contributed by atoms with Gasteiger partial charge in [0.1, 0.15) is 0 Å². The molecule has 0 atom stereocenters. The molecule has 0 saturated carbocycles. The molecular formula is C28H52ClN. The van der Waals surface area contributed by atoms with Crippen molar-refractivity contribution in [3.8, 4) is 0 Å². The largest absolute Gasteiger partial charge is 0.313 e. The van der Waals surface area contributed by atoms with Crippen LogP contribution in [0.4, 0.5) is 0 Å². The minimum atomic E-state index is 0. The molecule has 0 radical (unpaired) electrons. The van der Waals surface area contributed by atoms with Crippen LogP contribution in [0.3, 0.4) is 0 Å². The maximum absolute atomic E-state index is 3.64. The Morgan fingerprint density at radius 2 is 1.00 bits per heavy atom. The fourth-order valence-corrected chi connectivity index (χ4v) is 4.22. The van der Waals surface area contributed by atoms with Gasteiger partial charge in [-0.2, -0.15) is 0 Å². The average Bonchev–Trinajstić information content (AvgIpc) is 2.72. The van der Waals surface area contributed by atoms with E-state index in [0.29, 0.717) is 0 Å². The molecule has 1 rings (SSSR count). The summed E-state index contributed by atoms with van der Waals surface area (Å²) in [4.78, 5) is 0. The molecule has 1 nitrogen and oxygen atoms in total. The number of unbranched alkanes of at least 4 members (excludes halogenated alkanes) is 15. The molecule has 30 heavy (non-hydrogen) atoms. The number of benzene rings is 1. The molecule has 1 N–H and O–H groups in total. The Kier molecular flexibility index (Phi) is 20.0. The van der Waals surface area contributed by atoms with Crippen LogP contribution in [0.2, 0.25) is 0 Å². The van der Waals surface area contributed by atoms with E-state index in [9.17, 15) is 0 Å². The van der Waals surface area contributed by atoms with Crippen LogP contribution in [-0.4, -0.2) is 6.54 Å². The zero-order valence-corrected chi connectivity index (χ0v) is 21.6. The molecule has 0 fully saturated rings. The van der Waals surface area contributed by atoms with Crippen LogP contribution in [0.1, 0.15) is 132 Å². The van der Waals surface area contributed by atoms with Crippen LogP contribution in [-0.2, 0) is 6.54 Å². The first-order valence-corrected chi connectivity index (χ1v) is 12.9. The van der Waals surface area contributed by atoms with Crippen molar-refractivity contribution in [2.75, 3.05) is 6.54 Å². The summed E-state index contributed by atoms with van der Waals surface area (Å²) in [5, 5.41) is 3.64. The fraction of sp³-hybridized carbons (Fsp3) is 0.786. The number of rotatable bonds is 19. The van der Waals surface area contributed by atoms with Crippen LogP contribution in [0, 0.1) is 20.8 Å². The molecule has 0 aliphatic rings. The van der Waals surface area contributed by atoms with E-state index in [0.717, 1.165) is 13.1 Å². The molecule has 0 aliphatic heterocycles. The van der Waals surface area contributed by atoms with Gasteiger partial charge in [-0.25, -0.2) is 0 Å². The lowest BCUT2D eigenvalue weighted by atomic mass is 9.99. The van der Waals surface area contributed by atoms with Gasteiger partial charge in [-0.15, -0.1) is 12.4 Å². The topological polar surface area (TPSA) is 12.0 Å². The van der Waals surface area contributed by atoms with E-state index >= 15 is 0 Å². The van der Waals surface area contributed by atoms with Crippen molar-refractivity contribution in [1.82, 2.24) is 5.32 Å². The van der Waals surface area contributed by atoms with Crippen LogP contribution < -0.4 is 5.32 Å². The first-order chi connectivity index (χ1) is 14.2. The highest BCUT2D eigenvalue weighted by molar-refractivity contribution is 5.85. The number of halogens is 1. The molecule has 1 aromatic carbocycles. The van der Waals surface area contributed by atoms with Gasteiger partial charge in [-0.1, -0.05) is 115 Å². The third-order valence-electron chi connectivity index (χ3n) is 6.69. The van der Waals surface area contributed by atoms with E-state index in [4.69, 9.17) is 0 Å². The second-order valence-electron chi connectivity index (χ2n) is 9.27. The molecule has 0 unspecified atom stereocenters. The van der Waals surface area contributed by atoms with Crippen LogP contribution in [0.15, 0.2) is 12.1 Å². The predicted octanol–water partition coefficient (Wildman–Crippen LogP) is 9.38. The van der Waals surface area contributed by atoms with Gasteiger partial charge in [0.05, 0.1) is 0 Å². The van der Waals surface area contributed by atoms with Gasteiger partial charge < -0.3 is 5.32 Å². The molecule has 0 heterocycles. The molecule has 0 aromatic heterocycles. The van der Waals surface area contributed by atoms with Crippen molar-refractivity contribution in [2.24, 2.45) is 0 Å². The molecule has 2 heteroatoms. The Labute approximate surface area is 195 Å². The van der Waals surface area contributed by atoms with E-state index in [-0.39, 0.29) is 12.4 Å². The summed E-state index contributed by atoms with van der Waals surface area (Å²) in [5.41, 5.74) is 5.78. The Morgan fingerprint density at radius 3 is 1.47 bits per heavy atom. The minimum absolute atomic E-state index is 0. The summed E-state index contributed by atoms with van der Waals surface area (Å²) < 4.78 is 0. The van der Waals surface area contributed by atoms with Gasteiger partial charge in [0.15, 0.2) is 0 Å². The number of nitrogens with one attached hydrogen (secondary N) is 1. The molecule has 176 valence electrons. The van der Waals surface area contributed by atoms with Crippen molar-refractivity contribution in [1.29, 1.82) is 0 Å². The smallest absolute Gasteiger partial charge is 0.0208 e. The Bertz CT molecular complexity index is 512. The van der Waals surface area contributed by atoms with E-state index in [2.05, 4.69) is 45.1 Å². The molecule has 0 amide bonds. The van der Waals surface area contributed by atoms with Gasteiger partial charge in [-0.3, -0.25) is 0 Å².